The summed E-state index contributed by atoms with van der Waals surface area (Å²) in [5, 5.41) is 0. The molecule has 2 N–H and O–H groups in total. The van der Waals surface area contributed by atoms with Crippen LogP contribution in [-0.2, 0) is 4.79 Å². The summed E-state index contributed by atoms with van der Waals surface area (Å²) in [6.45, 7) is 8.70. The van der Waals surface area contributed by atoms with Crippen LogP contribution >= 0.6 is 0 Å². The fraction of sp³-hybridized carbons (Fsp3) is 0.545. The molecule has 0 spiro atoms. The van der Waals surface area contributed by atoms with E-state index in [9.17, 15) is 0 Å². The van der Waals surface area contributed by atoms with Gasteiger partial charge in [-0.3, -0.25) is 4.79 Å². The SMILES string of the molecule is CC(C)c1ccoc1C(C)C.NC=O. The molecule has 1 amide bonds. The number of carbonyl (C=O) groups is 1. The summed E-state index contributed by atoms with van der Waals surface area (Å²) in [7, 11) is 0. The van der Waals surface area contributed by atoms with Gasteiger partial charge in [-0.15, -0.1) is 0 Å². The maximum atomic E-state index is 8.58. The number of rotatable bonds is 2. The minimum atomic E-state index is 0.250. The van der Waals surface area contributed by atoms with Crippen molar-refractivity contribution in [2.75, 3.05) is 0 Å². The zero-order valence-electron chi connectivity index (χ0n) is 9.28. The van der Waals surface area contributed by atoms with Gasteiger partial charge in [0, 0.05) is 5.92 Å². The van der Waals surface area contributed by atoms with E-state index in [0.717, 1.165) is 5.76 Å². The molecule has 1 aromatic heterocycles. The zero-order valence-corrected chi connectivity index (χ0v) is 9.28. The minimum Gasteiger partial charge on any atom is -0.469 e. The highest BCUT2D eigenvalue weighted by Crippen LogP contribution is 2.26. The zero-order chi connectivity index (χ0) is 11.1. The standard InChI is InChI=1S/C10H16O.CH3NO/c1-7(2)9-5-6-11-10(9)8(3)4;2-1-3/h5-8H,1-4H3;1H,(H2,2,3). The minimum absolute atomic E-state index is 0.250. The predicted octanol–water partition coefficient (Wildman–Crippen LogP) is 2.63. The molecule has 0 aliphatic carbocycles. The molecule has 3 nitrogen and oxygen atoms in total. The van der Waals surface area contributed by atoms with E-state index >= 15 is 0 Å². The third kappa shape index (κ3) is 3.64. The van der Waals surface area contributed by atoms with Crippen LogP contribution in [0.5, 0.6) is 0 Å². The summed E-state index contributed by atoms with van der Waals surface area (Å²) in [5.74, 6) is 2.22. The number of nitrogens with two attached hydrogens (primary N) is 1. The van der Waals surface area contributed by atoms with Gasteiger partial charge in [0.2, 0.25) is 6.41 Å². The molecule has 80 valence electrons. The van der Waals surface area contributed by atoms with E-state index in [1.165, 1.54) is 5.56 Å². The first-order valence-electron chi connectivity index (χ1n) is 4.77. The first-order chi connectivity index (χ1) is 6.54. The second kappa shape index (κ2) is 6.24. The van der Waals surface area contributed by atoms with Crippen LogP contribution in [0.25, 0.3) is 0 Å². The molecule has 0 aliphatic rings. The molecular formula is C11H19NO2. The van der Waals surface area contributed by atoms with Crippen LogP contribution in [-0.4, -0.2) is 6.41 Å². The van der Waals surface area contributed by atoms with Gasteiger partial charge in [0.05, 0.1) is 6.26 Å². The summed E-state index contributed by atoms with van der Waals surface area (Å²) in [6, 6.07) is 2.07. The highest BCUT2D eigenvalue weighted by molar-refractivity contribution is 5.42. The Balaban J connectivity index is 0.000000500. The van der Waals surface area contributed by atoms with Crippen molar-refractivity contribution in [1.82, 2.24) is 0 Å². The van der Waals surface area contributed by atoms with Crippen LogP contribution < -0.4 is 5.73 Å². The Kier molecular flexibility index (Phi) is 5.68. The Bertz CT molecular complexity index is 242. The quantitative estimate of drug-likeness (QED) is 0.741. The Hall–Kier alpha value is -1.25. The predicted molar refractivity (Wildman–Crippen MR) is 57.1 cm³/mol. The first-order valence-corrected chi connectivity index (χ1v) is 4.77. The molecule has 1 rings (SSSR count). The maximum Gasteiger partial charge on any atom is 0.204 e. The van der Waals surface area contributed by atoms with Crippen LogP contribution in [0, 0.1) is 0 Å². The molecule has 0 bridgehead atoms. The third-order valence-electron chi connectivity index (χ3n) is 1.87. The van der Waals surface area contributed by atoms with Crippen molar-refractivity contribution in [3.8, 4) is 0 Å². The summed E-state index contributed by atoms with van der Waals surface area (Å²) < 4.78 is 5.39. The average Bonchev–Trinajstić information content (AvgIpc) is 2.52. The van der Waals surface area contributed by atoms with Gasteiger partial charge in [-0.05, 0) is 17.5 Å². The fourth-order valence-electron chi connectivity index (χ4n) is 1.28. The maximum absolute atomic E-state index is 8.58. The molecular weight excluding hydrogens is 178 g/mol. The third-order valence-corrected chi connectivity index (χ3v) is 1.87. The molecule has 0 aromatic carbocycles. The van der Waals surface area contributed by atoms with Crippen molar-refractivity contribution in [3.05, 3.63) is 23.7 Å². The van der Waals surface area contributed by atoms with Gasteiger partial charge in [-0.2, -0.15) is 0 Å². The van der Waals surface area contributed by atoms with Crippen LogP contribution in [0.2, 0.25) is 0 Å². The smallest absolute Gasteiger partial charge is 0.204 e. The lowest BCUT2D eigenvalue weighted by molar-refractivity contribution is -0.106. The van der Waals surface area contributed by atoms with Crippen molar-refractivity contribution in [1.29, 1.82) is 0 Å². The average molecular weight is 197 g/mol. The van der Waals surface area contributed by atoms with E-state index < -0.39 is 0 Å². The van der Waals surface area contributed by atoms with Crippen LogP contribution in [0.15, 0.2) is 16.7 Å². The summed E-state index contributed by atoms with van der Waals surface area (Å²) in [5.41, 5.74) is 5.51. The van der Waals surface area contributed by atoms with Gasteiger partial charge >= 0.3 is 0 Å². The Labute approximate surface area is 85.3 Å². The lowest BCUT2D eigenvalue weighted by atomic mass is 9.99. The van der Waals surface area contributed by atoms with E-state index in [2.05, 4.69) is 39.5 Å². The van der Waals surface area contributed by atoms with Gasteiger partial charge < -0.3 is 10.2 Å². The van der Waals surface area contributed by atoms with Gasteiger partial charge in [0.25, 0.3) is 0 Å². The monoisotopic (exact) mass is 197 g/mol. The number of hydrogen-bond donors (Lipinski definition) is 1. The van der Waals surface area contributed by atoms with E-state index in [1.54, 1.807) is 6.26 Å². The normalized spacial score (nSPS) is 9.86. The largest absolute Gasteiger partial charge is 0.469 e. The number of amides is 1. The van der Waals surface area contributed by atoms with Gasteiger partial charge in [-0.1, -0.05) is 27.7 Å². The van der Waals surface area contributed by atoms with Crippen molar-refractivity contribution in [2.45, 2.75) is 39.5 Å². The Morgan fingerprint density at radius 2 is 1.79 bits per heavy atom. The first kappa shape index (κ1) is 12.8. The van der Waals surface area contributed by atoms with Crippen molar-refractivity contribution >= 4 is 6.41 Å². The van der Waals surface area contributed by atoms with Crippen LogP contribution in [0.1, 0.15) is 50.9 Å². The van der Waals surface area contributed by atoms with Crippen molar-refractivity contribution < 1.29 is 9.21 Å². The van der Waals surface area contributed by atoms with Gasteiger partial charge in [0.1, 0.15) is 5.76 Å². The second-order valence-electron chi connectivity index (χ2n) is 3.69. The molecule has 0 saturated heterocycles. The highest BCUT2D eigenvalue weighted by Gasteiger charge is 2.12. The lowest BCUT2D eigenvalue weighted by Crippen LogP contribution is -1.93. The van der Waals surface area contributed by atoms with Gasteiger partial charge in [-0.25, -0.2) is 0 Å². The molecule has 14 heavy (non-hydrogen) atoms. The molecule has 1 aromatic rings. The van der Waals surface area contributed by atoms with Gasteiger partial charge in [0.15, 0.2) is 0 Å². The van der Waals surface area contributed by atoms with Crippen LogP contribution in [0.4, 0.5) is 0 Å². The summed E-state index contributed by atoms with van der Waals surface area (Å²) in [4.78, 5) is 8.58. The molecule has 1 heterocycles. The molecule has 0 fully saturated rings. The number of furan rings is 1. The Morgan fingerprint density at radius 3 is 2.07 bits per heavy atom. The van der Waals surface area contributed by atoms with Crippen molar-refractivity contribution in [2.24, 2.45) is 5.73 Å². The fourth-order valence-corrected chi connectivity index (χ4v) is 1.28. The van der Waals surface area contributed by atoms with Crippen molar-refractivity contribution in [3.63, 3.8) is 0 Å². The van der Waals surface area contributed by atoms with E-state index in [-0.39, 0.29) is 6.41 Å². The highest BCUT2D eigenvalue weighted by atomic mass is 16.3. The molecule has 3 heteroatoms. The summed E-state index contributed by atoms with van der Waals surface area (Å²) in [6.07, 6.45) is 2.03. The number of carbonyl (C=O) groups excluding carboxylic acids is 1. The molecule has 0 saturated carbocycles. The molecule has 0 aliphatic heterocycles. The molecule has 0 unspecified atom stereocenters. The second-order valence-corrected chi connectivity index (χ2v) is 3.69. The lowest BCUT2D eigenvalue weighted by Gasteiger charge is -2.07. The molecule has 0 radical (unpaired) electrons. The van der Waals surface area contributed by atoms with E-state index in [4.69, 9.17) is 9.21 Å². The summed E-state index contributed by atoms with van der Waals surface area (Å²) >= 11 is 0. The molecule has 0 atom stereocenters. The Morgan fingerprint density at radius 1 is 1.29 bits per heavy atom. The van der Waals surface area contributed by atoms with Crippen LogP contribution in [0.3, 0.4) is 0 Å². The number of primary amides is 1. The van der Waals surface area contributed by atoms with E-state index in [0.29, 0.717) is 11.8 Å². The number of hydrogen-bond acceptors (Lipinski definition) is 2. The van der Waals surface area contributed by atoms with E-state index in [1.807, 2.05) is 0 Å². The topological polar surface area (TPSA) is 56.2 Å².